The maximum atomic E-state index is 5.91. The molecule has 4 heteroatoms. The third kappa shape index (κ3) is 3.65. The van der Waals surface area contributed by atoms with E-state index < -0.39 is 0 Å². The lowest BCUT2D eigenvalue weighted by Gasteiger charge is -2.15. The zero-order valence-corrected chi connectivity index (χ0v) is 12.0. The van der Waals surface area contributed by atoms with E-state index in [0.717, 1.165) is 22.3 Å². The molecule has 1 heterocycles. The van der Waals surface area contributed by atoms with E-state index in [2.05, 4.69) is 5.32 Å². The monoisotopic (exact) mass is 281 g/mol. The summed E-state index contributed by atoms with van der Waals surface area (Å²) in [4.78, 5) is 1.21. The predicted molar refractivity (Wildman–Crippen MR) is 78.9 cm³/mol. The number of anilines is 1. The summed E-state index contributed by atoms with van der Waals surface area (Å²) in [5.74, 6) is 0.884. The fourth-order valence-corrected chi connectivity index (χ4v) is 2.63. The summed E-state index contributed by atoms with van der Waals surface area (Å²) in [6, 6.07) is 11.9. The van der Waals surface area contributed by atoms with E-state index in [4.69, 9.17) is 16.3 Å². The van der Waals surface area contributed by atoms with Crippen molar-refractivity contribution in [3.05, 3.63) is 45.6 Å². The van der Waals surface area contributed by atoms with Crippen molar-refractivity contribution in [3.63, 3.8) is 0 Å². The molecular formula is C14H16ClNOS. The van der Waals surface area contributed by atoms with Crippen molar-refractivity contribution in [3.8, 4) is 5.75 Å². The summed E-state index contributed by atoms with van der Waals surface area (Å²) >= 11 is 7.50. The molecule has 1 aromatic heterocycles. The average Bonchev–Trinajstić information content (AvgIpc) is 2.73. The topological polar surface area (TPSA) is 21.3 Å². The van der Waals surface area contributed by atoms with Crippen LogP contribution < -0.4 is 10.1 Å². The third-order valence-electron chi connectivity index (χ3n) is 2.33. The van der Waals surface area contributed by atoms with Crippen LogP contribution in [-0.2, 0) is 6.54 Å². The van der Waals surface area contributed by atoms with Gasteiger partial charge in [-0.2, -0.15) is 0 Å². The Labute approximate surface area is 117 Å². The Kier molecular flexibility index (Phi) is 4.50. The van der Waals surface area contributed by atoms with E-state index in [-0.39, 0.29) is 6.10 Å². The van der Waals surface area contributed by atoms with Gasteiger partial charge in [0.25, 0.3) is 0 Å². The van der Waals surface area contributed by atoms with Gasteiger partial charge in [-0.1, -0.05) is 23.7 Å². The van der Waals surface area contributed by atoms with Gasteiger partial charge in [0.15, 0.2) is 0 Å². The molecule has 0 amide bonds. The Morgan fingerprint density at radius 1 is 1.22 bits per heavy atom. The van der Waals surface area contributed by atoms with Crippen LogP contribution in [0.2, 0.25) is 4.34 Å². The number of benzene rings is 1. The Morgan fingerprint density at radius 3 is 2.67 bits per heavy atom. The van der Waals surface area contributed by atoms with Crippen LogP contribution in [0.15, 0.2) is 36.4 Å². The predicted octanol–water partition coefficient (Wildman–Crippen LogP) is 4.80. The van der Waals surface area contributed by atoms with E-state index in [1.807, 2.05) is 50.2 Å². The summed E-state index contributed by atoms with van der Waals surface area (Å²) in [6.07, 6.45) is 0.170. The largest absolute Gasteiger partial charge is 0.489 e. The normalized spacial score (nSPS) is 10.7. The lowest BCUT2D eigenvalue weighted by Crippen LogP contribution is -2.08. The van der Waals surface area contributed by atoms with Gasteiger partial charge in [-0.15, -0.1) is 11.3 Å². The van der Waals surface area contributed by atoms with Crippen LogP contribution in [0.5, 0.6) is 5.75 Å². The van der Waals surface area contributed by atoms with Crippen LogP contribution in [0.4, 0.5) is 5.69 Å². The molecule has 2 aromatic rings. The van der Waals surface area contributed by atoms with Crippen molar-refractivity contribution >= 4 is 28.6 Å². The van der Waals surface area contributed by atoms with Crippen LogP contribution >= 0.6 is 22.9 Å². The van der Waals surface area contributed by atoms with Gasteiger partial charge in [0.1, 0.15) is 5.75 Å². The molecule has 0 aliphatic rings. The van der Waals surface area contributed by atoms with Crippen LogP contribution in [0, 0.1) is 0 Å². The quantitative estimate of drug-likeness (QED) is 0.850. The van der Waals surface area contributed by atoms with Crippen LogP contribution in [0.25, 0.3) is 0 Å². The molecule has 0 radical (unpaired) electrons. The molecule has 1 aromatic carbocycles. The van der Waals surface area contributed by atoms with E-state index in [9.17, 15) is 0 Å². The van der Waals surface area contributed by atoms with Gasteiger partial charge in [0.05, 0.1) is 16.1 Å². The van der Waals surface area contributed by atoms with Crippen LogP contribution in [0.1, 0.15) is 18.7 Å². The van der Waals surface area contributed by atoms with Crippen molar-refractivity contribution in [2.45, 2.75) is 26.5 Å². The van der Waals surface area contributed by atoms with Crippen molar-refractivity contribution in [1.82, 2.24) is 0 Å². The molecule has 0 spiro atoms. The van der Waals surface area contributed by atoms with Gasteiger partial charge < -0.3 is 10.1 Å². The second-order valence-electron chi connectivity index (χ2n) is 4.22. The van der Waals surface area contributed by atoms with Crippen molar-refractivity contribution in [2.75, 3.05) is 5.32 Å². The minimum atomic E-state index is 0.170. The molecule has 0 fully saturated rings. The molecule has 0 bridgehead atoms. The maximum absolute atomic E-state index is 5.91. The molecule has 0 unspecified atom stereocenters. The summed E-state index contributed by atoms with van der Waals surface area (Å²) in [7, 11) is 0. The zero-order valence-electron chi connectivity index (χ0n) is 10.4. The molecule has 0 saturated heterocycles. The summed E-state index contributed by atoms with van der Waals surface area (Å²) in [5, 5.41) is 3.38. The molecule has 2 rings (SSSR count). The number of ether oxygens (including phenoxy) is 1. The van der Waals surface area contributed by atoms with Crippen LogP contribution in [-0.4, -0.2) is 6.10 Å². The number of para-hydroxylation sites is 2. The molecule has 0 aliphatic heterocycles. The van der Waals surface area contributed by atoms with Gasteiger partial charge in [-0.25, -0.2) is 0 Å². The van der Waals surface area contributed by atoms with Gasteiger partial charge in [-0.3, -0.25) is 0 Å². The summed E-state index contributed by atoms with van der Waals surface area (Å²) in [6.45, 7) is 4.81. The van der Waals surface area contributed by atoms with Gasteiger partial charge >= 0.3 is 0 Å². The van der Waals surface area contributed by atoms with Gasteiger partial charge in [0, 0.05) is 11.4 Å². The first kappa shape index (κ1) is 13.2. The molecule has 96 valence electrons. The second-order valence-corrected chi connectivity index (χ2v) is 6.02. The molecule has 0 atom stereocenters. The Bertz CT molecular complexity index is 510. The SMILES string of the molecule is CC(C)Oc1ccccc1NCc1ccc(Cl)s1. The fourth-order valence-electron chi connectivity index (χ4n) is 1.60. The highest BCUT2D eigenvalue weighted by Gasteiger charge is 2.05. The molecule has 1 N–H and O–H groups in total. The molecule has 0 aliphatic carbocycles. The highest BCUT2D eigenvalue weighted by Crippen LogP contribution is 2.27. The molecule has 2 nitrogen and oxygen atoms in total. The first-order valence-electron chi connectivity index (χ1n) is 5.89. The van der Waals surface area contributed by atoms with E-state index >= 15 is 0 Å². The Hall–Kier alpha value is -1.19. The molecule has 18 heavy (non-hydrogen) atoms. The molecule has 0 saturated carbocycles. The highest BCUT2D eigenvalue weighted by molar-refractivity contribution is 7.16. The summed E-state index contributed by atoms with van der Waals surface area (Å²) < 4.78 is 6.57. The second kappa shape index (κ2) is 6.12. The number of hydrogen-bond acceptors (Lipinski definition) is 3. The minimum absolute atomic E-state index is 0.170. The van der Waals surface area contributed by atoms with Crippen molar-refractivity contribution in [1.29, 1.82) is 0 Å². The Balaban J connectivity index is 2.04. The van der Waals surface area contributed by atoms with Crippen molar-refractivity contribution in [2.24, 2.45) is 0 Å². The summed E-state index contributed by atoms with van der Waals surface area (Å²) in [5.41, 5.74) is 1.01. The van der Waals surface area contributed by atoms with E-state index in [1.54, 1.807) is 11.3 Å². The van der Waals surface area contributed by atoms with Gasteiger partial charge in [-0.05, 0) is 38.1 Å². The van der Waals surface area contributed by atoms with Crippen molar-refractivity contribution < 1.29 is 4.74 Å². The maximum Gasteiger partial charge on any atom is 0.142 e. The van der Waals surface area contributed by atoms with E-state index in [1.165, 1.54) is 4.88 Å². The first-order valence-corrected chi connectivity index (χ1v) is 7.08. The third-order valence-corrected chi connectivity index (χ3v) is 3.56. The molecular weight excluding hydrogens is 266 g/mol. The minimum Gasteiger partial charge on any atom is -0.489 e. The number of nitrogens with one attached hydrogen (secondary N) is 1. The van der Waals surface area contributed by atoms with Crippen LogP contribution in [0.3, 0.4) is 0 Å². The number of halogens is 1. The highest BCUT2D eigenvalue weighted by atomic mass is 35.5. The first-order chi connectivity index (χ1) is 8.65. The lowest BCUT2D eigenvalue weighted by molar-refractivity contribution is 0.243. The number of thiophene rings is 1. The Morgan fingerprint density at radius 2 is 2.00 bits per heavy atom. The fraction of sp³-hybridized carbons (Fsp3) is 0.286. The van der Waals surface area contributed by atoms with E-state index in [0.29, 0.717) is 0 Å². The van der Waals surface area contributed by atoms with Gasteiger partial charge in [0.2, 0.25) is 0 Å². The average molecular weight is 282 g/mol. The standard InChI is InChI=1S/C14H16ClNOS/c1-10(2)17-13-6-4-3-5-12(13)16-9-11-7-8-14(15)18-11/h3-8,10,16H,9H2,1-2H3. The lowest BCUT2D eigenvalue weighted by atomic mass is 10.3. The number of hydrogen-bond donors (Lipinski definition) is 1. The number of rotatable bonds is 5. The smallest absolute Gasteiger partial charge is 0.142 e. The zero-order chi connectivity index (χ0) is 13.0.